The molecule has 0 amide bonds. The molecule has 0 unspecified atom stereocenters. The molecule has 0 heterocycles. The van der Waals surface area contributed by atoms with Gasteiger partial charge in [-0.15, -0.1) is 0 Å². The predicted molar refractivity (Wildman–Crippen MR) is 55.1 cm³/mol. The fourth-order valence-electron chi connectivity index (χ4n) is 0.321. The van der Waals surface area contributed by atoms with Gasteiger partial charge in [0, 0.05) is 0 Å². The van der Waals surface area contributed by atoms with E-state index in [1.165, 1.54) is 0 Å². The van der Waals surface area contributed by atoms with Crippen LogP contribution in [0, 0.1) is 20.8 Å². The second-order valence-corrected chi connectivity index (χ2v) is 0.962. The molecule has 74 valence electrons. The maximum absolute atomic E-state index is 3.25. The summed E-state index contributed by atoms with van der Waals surface area (Å²) < 4.78 is 0. The van der Waals surface area contributed by atoms with E-state index < -0.39 is 0 Å². The van der Waals surface area contributed by atoms with Crippen LogP contribution in [-0.4, -0.2) is 0 Å². The third kappa shape index (κ3) is 32.3. The van der Waals surface area contributed by atoms with E-state index in [1.54, 1.807) is 20.8 Å². The molecular weight excluding hydrogens is 327 g/mol. The fourth-order valence-corrected chi connectivity index (χ4v) is 0.321. The van der Waals surface area contributed by atoms with Crippen LogP contribution in [0.5, 0.6) is 0 Å². The van der Waals surface area contributed by atoms with Crippen LogP contribution >= 0.6 is 0 Å². The molecule has 0 saturated heterocycles. The third-order valence-corrected chi connectivity index (χ3v) is 0.556. The van der Waals surface area contributed by atoms with Gasteiger partial charge >= 0.3 is 21.1 Å². The van der Waals surface area contributed by atoms with Gasteiger partial charge in [0.2, 0.25) is 0 Å². The minimum absolute atomic E-state index is 0. The summed E-state index contributed by atoms with van der Waals surface area (Å²) in [6.07, 6.45) is 0. The monoisotopic (exact) mass is 347 g/mol. The summed E-state index contributed by atoms with van der Waals surface area (Å²) in [5.74, 6) is 0. The van der Waals surface area contributed by atoms with Gasteiger partial charge in [0.25, 0.3) is 0 Å². The van der Waals surface area contributed by atoms with Crippen molar-refractivity contribution in [3.8, 4) is 0 Å². The minimum Gasteiger partial charge on any atom is -0.346 e. The molecule has 1 aromatic carbocycles. The van der Waals surface area contributed by atoms with Gasteiger partial charge in [0.05, 0.1) is 0 Å². The van der Waals surface area contributed by atoms with Crippen LogP contribution in [0.15, 0.2) is 30.3 Å². The summed E-state index contributed by atoms with van der Waals surface area (Å²) >= 11 is 0. The first-order valence-corrected chi connectivity index (χ1v) is 3.79. The Kier molecular flexibility index (Phi) is 82.9. The zero-order valence-corrected chi connectivity index (χ0v) is 10.6. The first-order valence-electron chi connectivity index (χ1n) is 3.79. The van der Waals surface area contributed by atoms with Crippen molar-refractivity contribution in [2.45, 2.75) is 20.8 Å². The standard InChI is InChI=1S/C5H5.3C2H5.Pt/c1-2-4-5-3-1;3*1-2;/h1-5H;3*1H2,2H3;/q4*-1;+4. The van der Waals surface area contributed by atoms with E-state index in [2.05, 4.69) is 20.8 Å². The summed E-state index contributed by atoms with van der Waals surface area (Å²) in [5, 5.41) is 0. The van der Waals surface area contributed by atoms with Crippen LogP contribution in [0.25, 0.3) is 0 Å². The van der Waals surface area contributed by atoms with E-state index in [-0.39, 0.29) is 21.1 Å². The fraction of sp³-hybridized carbons (Fsp3) is 0.273. The van der Waals surface area contributed by atoms with E-state index in [1.807, 2.05) is 30.3 Å². The van der Waals surface area contributed by atoms with Crippen molar-refractivity contribution in [2.75, 3.05) is 0 Å². The molecule has 0 aliphatic carbocycles. The molecule has 0 fully saturated rings. The van der Waals surface area contributed by atoms with Crippen molar-refractivity contribution in [1.82, 2.24) is 0 Å². The van der Waals surface area contributed by atoms with Crippen LogP contribution in [0.1, 0.15) is 20.8 Å². The topological polar surface area (TPSA) is 0 Å². The van der Waals surface area contributed by atoms with Crippen molar-refractivity contribution < 1.29 is 21.1 Å². The minimum atomic E-state index is 0. The smallest absolute Gasteiger partial charge is 0.346 e. The first-order chi connectivity index (χ1) is 5.50. The van der Waals surface area contributed by atoms with Gasteiger partial charge in [0.1, 0.15) is 0 Å². The van der Waals surface area contributed by atoms with Crippen molar-refractivity contribution in [3.05, 3.63) is 51.1 Å². The quantitative estimate of drug-likeness (QED) is 0.624. The normalized spacial score (nSPS) is 4.83. The van der Waals surface area contributed by atoms with Crippen LogP contribution in [0.3, 0.4) is 0 Å². The van der Waals surface area contributed by atoms with Gasteiger partial charge in [-0.2, -0.15) is 39.0 Å². The van der Waals surface area contributed by atoms with Crippen LogP contribution in [-0.2, 0) is 21.1 Å². The van der Waals surface area contributed by atoms with E-state index in [4.69, 9.17) is 0 Å². The zero-order chi connectivity index (χ0) is 9.54. The summed E-state index contributed by atoms with van der Waals surface area (Å²) in [7, 11) is 0. The maximum Gasteiger partial charge on any atom is 4.00 e. The van der Waals surface area contributed by atoms with Crippen molar-refractivity contribution >= 4 is 0 Å². The molecule has 0 N–H and O–H groups in total. The summed E-state index contributed by atoms with van der Waals surface area (Å²) in [4.78, 5) is 0. The van der Waals surface area contributed by atoms with Crippen molar-refractivity contribution in [1.29, 1.82) is 0 Å². The van der Waals surface area contributed by atoms with Gasteiger partial charge in [-0.25, -0.2) is 12.1 Å². The average molecular weight is 347 g/mol. The maximum atomic E-state index is 3.25. The molecular formula is C11H20Pt. The van der Waals surface area contributed by atoms with Crippen LogP contribution in [0.2, 0.25) is 0 Å². The van der Waals surface area contributed by atoms with Gasteiger partial charge in [-0.1, -0.05) is 0 Å². The largest absolute Gasteiger partial charge is 4.00 e. The Bertz CT molecular complexity index is 61.5. The van der Waals surface area contributed by atoms with Crippen LogP contribution in [0.4, 0.5) is 0 Å². The Balaban J connectivity index is -0.0000000406. The van der Waals surface area contributed by atoms with E-state index in [0.29, 0.717) is 0 Å². The predicted octanol–water partition coefficient (Wildman–Crippen LogP) is 3.92. The third-order valence-electron chi connectivity index (χ3n) is 0.556. The Morgan fingerprint density at radius 2 is 1.00 bits per heavy atom. The van der Waals surface area contributed by atoms with E-state index in [0.717, 1.165) is 0 Å². The summed E-state index contributed by atoms with van der Waals surface area (Å²) in [6, 6.07) is 10.0. The molecule has 0 aromatic heterocycles. The molecule has 0 aliphatic heterocycles. The molecule has 0 saturated carbocycles. The zero-order valence-electron chi connectivity index (χ0n) is 8.32. The van der Waals surface area contributed by atoms with Gasteiger partial charge in [-0.3, -0.25) is 0 Å². The molecule has 1 aromatic rings. The summed E-state index contributed by atoms with van der Waals surface area (Å²) in [5.41, 5.74) is 0. The van der Waals surface area contributed by atoms with Gasteiger partial charge in [-0.05, 0) is 0 Å². The molecule has 12 heavy (non-hydrogen) atoms. The second-order valence-electron chi connectivity index (χ2n) is 0.962. The summed E-state index contributed by atoms with van der Waals surface area (Å²) in [6.45, 7) is 15.0. The number of rotatable bonds is 0. The Morgan fingerprint density at radius 3 is 1.08 bits per heavy atom. The van der Waals surface area contributed by atoms with E-state index >= 15 is 0 Å². The Hall–Kier alpha value is 0.0383. The molecule has 0 nitrogen and oxygen atoms in total. The van der Waals surface area contributed by atoms with Crippen molar-refractivity contribution in [3.63, 3.8) is 0 Å². The van der Waals surface area contributed by atoms with E-state index in [9.17, 15) is 0 Å². The van der Waals surface area contributed by atoms with Gasteiger partial charge in [0.15, 0.2) is 0 Å². The number of hydrogen-bond donors (Lipinski definition) is 0. The number of hydrogen-bond acceptors (Lipinski definition) is 0. The molecule has 1 rings (SSSR count). The molecule has 0 atom stereocenters. The second kappa shape index (κ2) is 43.8. The van der Waals surface area contributed by atoms with Crippen molar-refractivity contribution in [2.24, 2.45) is 0 Å². The van der Waals surface area contributed by atoms with Crippen LogP contribution < -0.4 is 0 Å². The van der Waals surface area contributed by atoms with Gasteiger partial charge < -0.3 is 20.8 Å². The Morgan fingerprint density at radius 1 is 0.750 bits per heavy atom. The molecule has 1 heteroatoms. The average Bonchev–Trinajstić information content (AvgIpc) is 2.71. The first kappa shape index (κ1) is 22.7. The Labute approximate surface area is 93.0 Å². The molecule has 0 aliphatic rings. The molecule has 0 spiro atoms. The molecule has 0 radical (unpaired) electrons. The SMILES string of the molecule is [CH2-]C.[CH2-]C.[CH2-]C.[Pt+4].c1cc[cH-]c1. The molecule has 0 bridgehead atoms.